The van der Waals surface area contributed by atoms with Crippen LogP contribution in [0.2, 0.25) is 0 Å². The van der Waals surface area contributed by atoms with Crippen LogP contribution in [0.5, 0.6) is 0 Å². The molecule has 1 aromatic heterocycles. The topological polar surface area (TPSA) is 49.3 Å². The number of aliphatic hydroxyl groups is 1. The first-order valence-corrected chi connectivity index (χ1v) is 7.94. The van der Waals surface area contributed by atoms with Crippen LogP contribution in [0.4, 0.5) is 0 Å². The second-order valence-electron chi connectivity index (χ2n) is 4.40. The van der Waals surface area contributed by atoms with E-state index in [-0.39, 0.29) is 12.5 Å². The Morgan fingerprint density at radius 2 is 2.19 bits per heavy atom. The van der Waals surface area contributed by atoms with Gasteiger partial charge in [-0.15, -0.1) is 11.3 Å². The smallest absolute Gasteiger partial charge is 0.252 e. The maximum Gasteiger partial charge on any atom is 0.252 e. The summed E-state index contributed by atoms with van der Waals surface area (Å²) >= 11 is 4.98. The molecule has 1 heterocycles. The molecule has 0 fully saturated rings. The molecule has 1 aromatic carbocycles. The molecule has 1 amide bonds. The molecule has 0 atom stereocenters. The number of hydrogen-bond donors (Lipinski definition) is 2. The average molecular weight is 364 g/mol. The number of hydrogen-bond acceptors (Lipinski definition) is 3. The van der Waals surface area contributed by atoms with E-state index in [0.717, 1.165) is 14.2 Å². The molecule has 3 nitrogen and oxygen atoms in total. The van der Waals surface area contributed by atoms with Gasteiger partial charge in [0, 0.05) is 10.4 Å². The van der Waals surface area contributed by atoms with Crippen molar-refractivity contribution in [1.82, 2.24) is 5.32 Å². The SMILES string of the molecule is Cc1ccc(C(=O)NCc2ccc(Br)s2)c(C#CCO)c1. The number of amides is 1. The third-order valence-electron chi connectivity index (χ3n) is 2.77. The standard InChI is InChI=1S/C16H14BrNO2S/c1-11-4-6-14(12(9-11)3-2-8-19)16(20)18-10-13-5-7-15(17)21-13/h4-7,9,19H,8,10H2,1H3,(H,18,20). The van der Waals surface area contributed by atoms with Crippen molar-refractivity contribution in [2.24, 2.45) is 0 Å². The lowest BCUT2D eigenvalue weighted by Gasteiger charge is -2.07. The Kier molecular flexibility index (Phi) is 5.57. The fourth-order valence-electron chi connectivity index (χ4n) is 1.80. The van der Waals surface area contributed by atoms with Gasteiger partial charge >= 0.3 is 0 Å². The molecule has 21 heavy (non-hydrogen) atoms. The Bertz CT molecular complexity index is 713. The molecule has 0 saturated heterocycles. The average Bonchev–Trinajstić information content (AvgIpc) is 2.88. The molecule has 0 saturated carbocycles. The highest BCUT2D eigenvalue weighted by Crippen LogP contribution is 2.22. The first-order chi connectivity index (χ1) is 10.1. The van der Waals surface area contributed by atoms with Gasteiger partial charge in [0.15, 0.2) is 0 Å². The molecular formula is C16H14BrNO2S. The summed E-state index contributed by atoms with van der Waals surface area (Å²) < 4.78 is 1.04. The van der Waals surface area contributed by atoms with Gasteiger partial charge in [0.25, 0.3) is 5.91 Å². The van der Waals surface area contributed by atoms with Crippen molar-refractivity contribution in [1.29, 1.82) is 0 Å². The summed E-state index contributed by atoms with van der Waals surface area (Å²) in [6.07, 6.45) is 0. The van der Waals surface area contributed by atoms with E-state index in [4.69, 9.17) is 5.11 Å². The normalized spacial score (nSPS) is 9.86. The van der Waals surface area contributed by atoms with Crippen LogP contribution in [0.15, 0.2) is 34.1 Å². The molecule has 0 unspecified atom stereocenters. The zero-order valence-corrected chi connectivity index (χ0v) is 13.8. The van der Waals surface area contributed by atoms with E-state index in [1.807, 2.05) is 31.2 Å². The van der Waals surface area contributed by atoms with Gasteiger partial charge in [-0.25, -0.2) is 0 Å². The Morgan fingerprint density at radius 1 is 1.38 bits per heavy atom. The van der Waals surface area contributed by atoms with E-state index < -0.39 is 0 Å². The van der Waals surface area contributed by atoms with Crippen molar-refractivity contribution >= 4 is 33.2 Å². The molecule has 5 heteroatoms. The van der Waals surface area contributed by atoms with Crippen LogP contribution in [0.25, 0.3) is 0 Å². The number of carbonyl (C=O) groups is 1. The maximum absolute atomic E-state index is 12.3. The third-order valence-corrected chi connectivity index (χ3v) is 4.40. The van der Waals surface area contributed by atoms with Gasteiger partial charge in [-0.2, -0.15) is 0 Å². The van der Waals surface area contributed by atoms with Gasteiger partial charge in [-0.3, -0.25) is 4.79 Å². The third kappa shape index (κ3) is 4.43. The van der Waals surface area contributed by atoms with Crippen LogP contribution in [-0.2, 0) is 6.54 Å². The van der Waals surface area contributed by atoms with E-state index in [9.17, 15) is 4.79 Å². The number of benzene rings is 1. The Morgan fingerprint density at radius 3 is 2.86 bits per heavy atom. The highest BCUT2D eigenvalue weighted by Gasteiger charge is 2.10. The van der Waals surface area contributed by atoms with E-state index in [0.29, 0.717) is 17.7 Å². The number of carbonyl (C=O) groups excluding carboxylic acids is 1. The second-order valence-corrected chi connectivity index (χ2v) is 6.94. The first-order valence-electron chi connectivity index (χ1n) is 6.33. The Hall–Kier alpha value is -1.61. The zero-order valence-electron chi connectivity index (χ0n) is 11.4. The summed E-state index contributed by atoms with van der Waals surface area (Å²) in [6, 6.07) is 9.41. The van der Waals surface area contributed by atoms with Crippen molar-refractivity contribution in [2.75, 3.05) is 6.61 Å². The highest BCUT2D eigenvalue weighted by atomic mass is 79.9. The predicted octanol–water partition coefficient (Wildman–Crippen LogP) is 3.09. The largest absolute Gasteiger partial charge is 0.384 e. The van der Waals surface area contributed by atoms with Gasteiger partial charge < -0.3 is 10.4 Å². The molecule has 0 aliphatic heterocycles. The van der Waals surface area contributed by atoms with Crippen LogP contribution in [0, 0.1) is 18.8 Å². The molecule has 0 bridgehead atoms. The van der Waals surface area contributed by atoms with Crippen molar-refractivity contribution < 1.29 is 9.90 Å². The van der Waals surface area contributed by atoms with E-state index in [2.05, 4.69) is 33.1 Å². The molecule has 108 valence electrons. The predicted molar refractivity (Wildman–Crippen MR) is 88.3 cm³/mol. The van der Waals surface area contributed by atoms with Crippen molar-refractivity contribution in [2.45, 2.75) is 13.5 Å². The Balaban J connectivity index is 2.14. The van der Waals surface area contributed by atoms with Crippen LogP contribution >= 0.6 is 27.3 Å². The first kappa shape index (κ1) is 15.8. The van der Waals surface area contributed by atoms with Crippen molar-refractivity contribution in [3.63, 3.8) is 0 Å². The lowest BCUT2D eigenvalue weighted by Crippen LogP contribution is -2.23. The number of aryl methyl sites for hydroxylation is 1. The summed E-state index contributed by atoms with van der Waals surface area (Å²) in [7, 11) is 0. The summed E-state index contributed by atoms with van der Waals surface area (Å²) in [5.74, 6) is 5.24. The summed E-state index contributed by atoms with van der Waals surface area (Å²) in [4.78, 5) is 13.3. The molecule has 2 N–H and O–H groups in total. The molecular weight excluding hydrogens is 350 g/mol. The zero-order chi connectivity index (χ0) is 15.2. The van der Waals surface area contributed by atoms with Gasteiger partial charge in [-0.05, 0) is 52.7 Å². The van der Waals surface area contributed by atoms with Crippen LogP contribution < -0.4 is 5.32 Å². The monoisotopic (exact) mass is 363 g/mol. The Labute approximate surface area is 136 Å². The van der Waals surface area contributed by atoms with Crippen molar-refractivity contribution in [3.8, 4) is 11.8 Å². The van der Waals surface area contributed by atoms with Crippen molar-refractivity contribution in [3.05, 3.63) is 55.7 Å². The second kappa shape index (κ2) is 7.41. The van der Waals surface area contributed by atoms with Crippen LogP contribution in [0.3, 0.4) is 0 Å². The lowest BCUT2D eigenvalue weighted by molar-refractivity contribution is 0.0951. The fraction of sp³-hybridized carbons (Fsp3) is 0.188. The van der Waals surface area contributed by atoms with Gasteiger partial charge in [0.2, 0.25) is 0 Å². The van der Waals surface area contributed by atoms with Crippen LogP contribution in [0.1, 0.15) is 26.4 Å². The summed E-state index contributed by atoms with van der Waals surface area (Å²) in [6.45, 7) is 2.20. The minimum atomic E-state index is -0.224. The van der Waals surface area contributed by atoms with Gasteiger partial charge in [0.05, 0.1) is 15.9 Å². The number of halogens is 1. The number of aliphatic hydroxyl groups excluding tert-OH is 1. The highest BCUT2D eigenvalue weighted by molar-refractivity contribution is 9.11. The summed E-state index contributed by atoms with van der Waals surface area (Å²) in [5.41, 5.74) is 2.18. The molecule has 0 aliphatic rings. The van der Waals surface area contributed by atoms with E-state index >= 15 is 0 Å². The van der Waals surface area contributed by atoms with Gasteiger partial charge in [0.1, 0.15) is 6.61 Å². The molecule has 2 rings (SSSR count). The minimum Gasteiger partial charge on any atom is -0.384 e. The van der Waals surface area contributed by atoms with E-state index in [1.54, 1.807) is 17.4 Å². The minimum absolute atomic E-state index is 0.165. The lowest BCUT2D eigenvalue weighted by atomic mass is 10.0. The quantitative estimate of drug-likeness (QED) is 0.823. The number of thiophene rings is 1. The summed E-state index contributed by atoms with van der Waals surface area (Å²) in [5, 5.41) is 11.7. The van der Waals surface area contributed by atoms with Gasteiger partial charge in [-0.1, -0.05) is 17.9 Å². The van der Waals surface area contributed by atoms with E-state index in [1.165, 1.54) is 0 Å². The molecule has 0 aliphatic carbocycles. The molecule has 0 radical (unpaired) electrons. The maximum atomic E-state index is 12.3. The number of nitrogens with one attached hydrogen (secondary N) is 1. The molecule has 0 spiro atoms. The number of rotatable bonds is 3. The fourth-order valence-corrected chi connectivity index (χ4v) is 3.23. The molecule has 2 aromatic rings. The van der Waals surface area contributed by atoms with Crippen LogP contribution in [-0.4, -0.2) is 17.6 Å².